The van der Waals surface area contributed by atoms with E-state index >= 15 is 0 Å². The van der Waals surface area contributed by atoms with Crippen molar-refractivity contribution in [1.82, 2.24) is 15.2 Å². The second-order valence-electron chi connectivity index (χ2n) is 8.06. The number of aromatic nitrogens is 1. The number of anilines is 2. The first-order chi connectivity index (χ1) is 15.1. The summed E-state index contributed by atoms with van der Waals surface area (Å²) in [7, 11) is 0. The van der Waals surface area contributed by atoms with Crippen LogP contribution in [0.5, 0.6) is 0 Å². The van der Waals surface area contributed by atoms with Crippen LogP contribution in [0.25, 0.3) is 10.9 Å². The van der Waals surface area contributed by atoms with E-state index in [4.69, 9.17) is 0 Å². The van der Waals surface area contributed by atoms with Gasteiger partial charge in [0.2, 0.25) is 0 Å². The van der Waals surface area contributed by atoms with E-state index in [1.807, 2.05) is 26.0 Å². The number of urea groups is 1. The van der Waals surface area contributed by atoms with Crippen LogP contribution in [0.2, 0.25) is 0 Å². The first-order valence-corrected chi connectivity index (χ1v) is 11.1. The molecule has 2 N–H and O–H groups in total. The molecule has 2 amide bonds. The summed E-state index contributed by atoms with van der Waals surface area (Å²) in [5.74, 6) is 0. The Morgan fingerprint density at radius 3 is 2.52 bits per heavy atom. The van der Waals surface area contributed by atoms with Crippen molar-refractivity contribution in [1.29, 1.82) is 0 Å². The highest BCUT2D eigenvalue weighted by Crippen LogP contribution is 2.27. The van der Waals surface area contributed by atoms with Crippen molar-refractivity contribution in [2.45, 2.75) is 20.3 Å². The number of hydrogen-bond donors (Lipinski definition) is 2. The standard InChI is InChI=1S/C25H31N5O.2ClH/c1-3-26-25(31)28-21-7-4-6-20(18-21)12-13-29-14-16-30(17-15-29)24-9-5-8-23-22(24)11-10-19(2)27-23;;/h4-11,18H,3,12-17H2,1-2H3,(H2,26,28,31);2*1H. The second kappa shape index (κ2) is 12.6. The van der Waals surface area contributed by atoms with Crippen LogP contribution in [0.1, 0.15) is 18.2 Å². The lowest BCUT2D eigenvalue weighted by Gasteiger charge is -2.36. The van der Waals surface area contributed by atoms with Gasteiger partial charge in [0.1, 0.15) is 0 Å². The molecule has 1 aromatic heterocycles. The van der Waals surface area contributed by atoms with Crippen molar-refractivity contribution >= 4 is 53.1 Å². The SMILES string of the molecule is CCNC(=O)Nc1cccc(CCN2CCN(c3cccc4nc(C)ccc34)CC2)c1.Cl.Cl. The quantitative estimate of drug-likeness (QED) is 0.517. The number of nitrogens with one attached hydrogen (secondary N) is 2. The van der Waals surface area contributed by atoms with E-state index in [-0.39, 0.29) is 30.8 Å². The third-order valence-corrected chi connectivity index (χ3v) is 5.80. The fraction of sp³-hybridized carbons (Fsp3) is 0.360. The fourth-order valence-electron chi connectivity index (χ4n) is 4.16. The lowest BCUT2D eigenvalue weighted by Crippen LogP contribution is -2.47. The number of nitrogens with zero attached hydrogens (tertiary/aromatic N) is 3. The number of rotatable bonds is 6. The summed E-state index contributed by atoms with van der Waals surface area (Å²) in [5.41, 5.74) is 5.50. The zero-order valence-electron chi connectivity index (χ0n) is 19.2. The van der Waals surface area contributed by atoms with Crippen molar-refractivity contribution in [3.05, 3.63) is 65.9 Å². The Morgan fingerprint density at radius 2 is 1.76 bits per heavy atom. The summed E-state index contributed by atoms with van der Waals surface area (Å²) >= 11 is 0. The van der Waals surface area contributed by atoms with E-state index in [2.05, 4.69) is 67.9 Å². The second-order valence-corrected chi connectivity index (χ2v) is 8.06. The number of benzene rings is 2. The molecule has 0 bridgehead atoms. The number of carbonyl (C=O) groups is 1. The fourth-order valence-corrected chi connectivity index (χ4v) is 4.16. The highest BCUT2D eigenvalue weighted by atomic mass is 35.5. The van der Waals surface area contributed by atoms with Gasteiger partial charge in [-0.1, -0.05) is 18.2 Å². The molecule has 1 aliphatic rings. The molecule has 1 fully saturated rings. The molecule has 2 aromatic carbocycles. The zero-order valence-corrected chi connectivity index (χ0v) is 20.8. The van der Waals surface area contributed by atoms with Crippen LogP contribution in [0.15, 0.2) is 54.6 Å². The number of hydrogen-bond acceptors (Lipinski definition) is 4. The molecule has 0 atom stereocenters. The predicted molar refractivity (Wildman–Crippen MR) is 142 cm³/mol. The van der Waals surface area contributed by atoms with Crippen molar-refractivity contribution in [2.75, 3.05) is 49.5 Å². The molecule has 4 rings (SSSR count). The largest absolute Gasteiger partial charge is 0.368 e. The molecule has 8 heteroatoms. The molecule has 178 valence electrons. The highest BCUT2D eigenvalue weighted by molar-refractivity contribution is 5.92. The van der Waals surface area contributed by atoms with E-state index < -0.39 is 0 Å². The Balaban J connectivity index is 0.00000193. The number of piperazine rings is 1. The van der Waals surface area contributed by atoms with E-state index in [1.165, 1.54) is 16.6 Å². The van der Waals surface area contributed by atoms with E-state index in [0.29, 0.717) is 6.54 Å². The van der Waals surface area contributed by atoms with Gasteiger partial charge in [-0.15, -0.1) is 24.8 Å². The minimum Gasteiger partial charge on any atom is -0.368 e. The van der Waals surface area contributed by atoms with Gasteiger partial charge < -0.3 is 15.5 Å². The number of amides is 2. The van der Waals surface area contributed by atoms with Gasteiger partial charge in [-0.3, -0.25) is 9.88 Å². The number of aryl methyl sites for hydroxylation is 1. The number of carbonyl (C=O) groups excluding carboxylic acids is 1. The van der Waals surface area contributed by atoms with Gasteiger partial charge in [0.05, 0.1) is 5.52 Å². The zero-order chi connectivity index (χ0) is 21.6. The van der Waals surface area contributed by atoms with Crippen LogP contribution in [0, 0.1) is 6.92 Å². The van der Waals surface area contributed by atoms with Crippen LogP contribution < -0.4 is 15.5 Å². The monoisotopic (exact) mass is 489 g/mol. The topological polar surface area (TPSA) is 60.5 Å². The maximum Gasteiger partial charge on any atom is 0.319 e. The summed E-state index contributed by atoms with van der Waals surface area (Å²) in [4.78, 5) is 21.4. The van der Waals surface area contributed by atoms with Gasteiger partial charge in [0.15, 0.2) is 0 Å². The molecule has 3 aromatic rings. The van der Waals surface area contributed by atoms with Crippen molar-refractivity contribution in [3.8, 4) is 0 Å². The molecule has 0 unspecified atom stereocenters. The summed E-state index contributed by atoms with van der Waals surface area (Å²) in [5, 5.41) is 6.88. The minimum atomic E-state index is -0.158. The van der Waals surface area contributed by atoms with Crippen LogP contribution in [0.3, 0.4) is 0 Å². The van der Waals surface area contributed by atoms with Gasteiger partial charge in [-0.25, -0.2) is 4.79 Å². The lowest BCUT2D eigenvalue weighted by atomic mass is 10.1. The first-order valence-electron chi connectivity index (χ1n) is 11.1. The average molecular weight is 490 g/mol. The van der Waals surface area contributed by atoms with Crippen LogP contribution in [0.4, 0.5) is 16.2 Å². The van der Waals surface area contributed by atoms with Crippen molar-refractivity contribution in [3.63, 3.8) is 0 Å². The number of pyridine rings is 1. The van der Waals surface area contributed by atoms with Crippen LogP contribution in [-0.4, -0.2) is 55.2 Å². The molecule has 0 aliphatic carbocycles. The van der Waals surface area contributed by atoms with Gasteiger partial charge in [0.25, 0.3) is 0 Å². The third kappa shape index (κ3) is 6.97. The Morgan fingerprint density at radius 1 is 1.00 bits per heavy atom. The van der Waals surface area contributed by atoms with Gasteiger partial charge in [-0.05, 0) is 62.2 Å². The predicted octanol–water partition coefficient (Wildman–Crippen LogP) is 4.89. The molecule has 0 saturated carbocycles. The molecule has 1 aliphatic heterocycles. The maximum absolute atomic E-state index is 11.7. The number of halogens is 2. The van der Waals surface area contributed by atoms with Gasteiger partial charge in [-0.2, -0.15) is 0 Å². The van der Waals surface area contributed by atoms with Crippen molar-refractivity contribution < 1.29 is 4.79 Å². The highest BCUT2D eigenvalue weighted by Gasteiger charge is 2.18. The van der Waals surface area contributed by atoms with Crippen LogP contribution >= 0.6 is 24.8 Å². The molecular formula is C25H33Cl2N5O. The van der Waals surface area contributed by atoms with E-state index in [9.17, 15) is 4.79 Å². The summed E-state index contributed by atoms with van der Waals surface area (Å²) < 4.78 is 0. The van der Waals surface area contributed by atoms with Crippen molar-refractivity contribution in [2.24, 2.45) is 0 Å². The average Bonchev–Trinajstić information content (AvgIpc) is 2.78. The smallest absolute Gasteiger partial charge is 0.319 e. The molecule has 2 heterocycles. The molecule has 0 spiro atoms. The first kappa shape index (κ1) is 26.7. The third-order valence-electron chi connectivity index (χ3n) is 5.80. The summed E-state index contributed by atoms with van der Waals surface area (Å²) in [6.45, 7) is 9.72. The van der Waals surface area contributed by atoms with Gasteiger partial charge >= 0.3 is 6.03 Å². The Hall–Kier alpha value is -2.54. The van der Waals surface area contributed by atoms with Gasteiger partial charge in [0, 0.05) is 61.7 Å². The van der Waals surface area contributed by atoms with E-state index in [0.717, 1.165) is 56.0 Å². The molecule has 1 saturated heterocycles. The lowest BCUT2D eigenvalue weighted by molar-refractivity contribution is 0.252. The maximum atomic E-state index is 11.7. The van der Waals surface area contributed by atoms with Crippen LogP contribution in [-0.2, 0) is 6.42 Å². The molecule has 6 nitrogen and oxygen atoms in total. The van der Waals surface area contributed by atoms with E-state index in [1.54, 1.807) is 0 Å². The Bertz CT molecular complexity index is 1050. The Kier molecular flexibility index (Phi) is 10.2. The summed E-state index contributed by atoms with van der Waals surface area (Å²) in [6.07, 6.45) is 0.975. The molecule has 33 heavy (non-hydrogen) atoms. The number of fused-ring (bicyclic) bond motifs is 1. The minimum absolute atomic E-state index is 0. The normalized spacial score (nSPS) is 13.7. The molecular weight excluding hydrogens is 457 g/mol. The summed E-state index contributed by atoms with van der Waals surface area (Å²) in [6, 6.07) is 18.7. The molecule has 0 radical (unpaired) electrons. The Labute approximate surface area is 208 Å².